The van der Waals surface area contributed by atoms with Gasteiger partial charge in [-0.2, -0.15) is 0 Å². The van der Waals surface area contributed by atoms with Crippen LogP contribution in [0.3, 0.4) is 0 Å². The molecule has 1 N–H and O–H groups in total. The number of hydrogen-bond donors (Lipinski definition) is 1. The minimum absolute atomic E-state index is 0.149. The summed E-state index contributed by atoms with van der Waals surface area (Å²) >= 11 is 2.09. The summed E-state index contributed by atoms with van der Waals surface area (Å²) in [5.74, 6) is 0.454. The van der Waals surface area contributed by atoms with Gasteiger partial charge < -0.3 is 5.32 Å². The van der Waals surface area contributed by atoms with Crippen molar-refractivity contribution >= 4 is 34.0 Å². The van der Waals surface area contributed by atoms with Gasteiger partial charge in [-0.15, -0.1) is 0 Å². The molecule has 0 heterocycles. The van der Waals surface area contributed by atoms with Crippen molar-refractivity contribution in [3.05, 3.63) is 67.8 Å². The molecule has 2 unspecified atom stereocenters. The molecule has 1 saturated carbocycles. The zero-order valence-electron chi connectivity index (χ0n) is 10.6. The van der Waals surface area contributed by atoms with Crippen molar-refractivity contribution in [2.24, 2.45) is 0 Å². The zero-order valence-corrected chi connectivity index (χ0v) is 12.8. The van der Waals surface area contributed by atoms with Crippen LogP contribution in [0, 0.1) is 13.7 Å². The van der Waals surface area contributed by atoms with Crippen molar-refractivity contribution in [2.45, 2.75) is 18.4 Å². The Labute approximate surface area is 130 Å². The number of anilines is 1. The molecule has 0 spiro atoms. The fraction of sp³-hybridized carbons (Fsp3) is 0.200. The van der Waals surface area contributed by atoms with Gasteiger partial charge in [-0.1, -0.05) is 30.3 Å². The van der Waals surface area contributed by atoms with Gasteiger partial charge in [-0.25, -0.2) is 0 Å². The summed E-state index contributed by atoms with van der Waals surface area (Å²) in [5, 5.41) is 14.4. The van der Waals surface area contributed by atoms with Crippen LogP contribution in [0.5, 0.6) is 0 Å². The van der Waals surface area contributed by atoms with Crippen LogP contribution < -0.4 is 5.32 Å². The Balaban J connectivity index is 1.76. The summed E-state index contributed by atoms with van der Waals surface area (Å²) in [4.78, 5) is 10.8. The van der Waals surface area contributed by atoms with Gasteiger partial charge in [0.05, 0.1) is 4.92 Å². The average Bonchev–Trinajstić information content (AvgIpc) is 3.21. The topological polar surface area (TPSA) is 55.2 Å². The van der Waals surface area contributed by atoms with E-state index in [1.807, 2.05) is 24.3 Å². The van der Waals surface area contributed by atoms with E-state index in [0.29, 0.717) is 11.6 Å². The third-order valence-electron chi connectivity index (χ3n) is 3.52. The number of nitrogens with zero attached hydrogens (tertiary/aromatic N) is 1. The lowest BCUT2D eigenvalue weighted by atomic mass is 10.1. The van der Waals surface area contributed by atoms with Gasteiger partial charge in [0, 0.05) is 21.6 Å². The minimum Gasteiger partial charge on any atom is -0.376 e. The SMILES string of the molecule is O=[N+]([O-])c1cc(I)ccc1NC1CC1c1ccccc1. The molecule has 4 nitrogen and oxygen atoms in total. The third-order valence-corrected chi connectivity index (χ3v) is 4.19. The van der Waals surface area contributed by atoms with Gasteiger partial charge in [0.15, 0.2) is 0 Å². The molecule has 1 fully saturated rings. The van der Waals surface area contributed by atoms with Crippen molar-refractivity contribution in [1.82, 2.24) is 0 Å². The molecule has 0 bridgehead atoms. The number of nitro groups is 1. The number of nitrogens with one attached hydrogen (secondary N) is 1. The second kappa shape index (κ2) is 5.40. The zero-order chi connectivity index (χ0) is 14.1. The maximum absolute atomic E-state index is 11.1. The fourth-order valence-electron chi connectivity index (χ4n) is 2.40. The molecule has 3 rings (SSSR count). The van der Waals surface area contributed by atoms with Gasteiger partial charge >= 0.3 is 0 Å². The molecule has 2 atom stereocenters. The fourth-order valence-corrected chi connectivity index (χ4v) is 2.88. The Morgan fingerprint density at radius 2 is 1.95 bits per heavy atom. The van der Waals surface area contributed by atoms with Crippen molar-refractivity contribution in [3.63, 3.8) is 0 Å². The van der Waals surface area contributed by atoms with E-state index in [9.17, 15) is 10.1 Å². The van der Waals surface area contributed by atoms with Crippen LogP contribution in [0.2, 0.25) is 0 Å². The lowest BCUT2D eigenvalue weighted by molar-refractivity contribution is -0.384. The lowest BCUT2D eigenvalue weighted by Crippen LogP contribution is -2.06. The highest BCUT2D eigenvalue weighted by molar-refractivity contribution is 14.1. The molecule has 1 aliphatic carbocycles. The first-order valence-electron chi connectivity index (χ1n) is 6.40. The first-order valence-corrected chi connectivity index (χ1v) is 7.48. The summed E-state index contributed by atoms with van der Waals surface area (Å²) in [5.41, 5.74) is 2.05. The summed E-state index contributed by atoms with van der Waals surface area (Å²) in [6.45, 7) is 0. The Morgan fingerprint density at radius 1 is 1.20 bits per heavy atom. The maximum Gasteiger partial charge on any atom is 0.293 e. The van der Waals surface area contributed by atoms with E-state index in [4.69, 9.17) is 0 Å². The second-order valence-electron chi connectivity index (χ2n) is 4.92. The number of nitro benzene ring substituents is 1. The van der Waals surface area contributed by atoms with E-state index in [0.717, 1.165) is 9.99 Å². The number of rotatable bonds is 4. The van der Waals surface area contributed by atoms with Gasteiger partial charge in [0.1, 0.15) is 5.69 Å². The van der Waals surface area contributed by atoms with E-state index in [-0.39, 0.29) is 16.7 Å². The van der Waals surface area contributed by atoms with Gasteiger partial charge in [-0.05, 0) is 46.7 Å². The molecule has 0 saturated heterocycles. The number of benzene rings is 2. The van der Waals surface area contributed by atoms with Crippen LogP contribution in [0.15, 0.2) is 48.5 Å². The molecular formula is C15H13IN2O2. The summed E-state index contributed by atoms with van der Waals surface area (Å²) in [6, 6.07) is 15.8. The average molecular weight is 380 g/mol. The van der Waals surface area contributed by atoms with Crippen LogP contribution in [0.1, 0.15) is 17.9 Å². The molecule has 20 heavy (non-hydrogen) atoms. The Kier molecular flexibility index (Phi) is 3.60. The van der Waals surface area contributed by atoms with E-state index < -0.39 is 0 Å². The first-order chi connectivity index (χ1) is 9.65. The maximum atomic E-state index is 11.1. The van der Waals surface area contributed by atoms with E-state index in [1.54, 1.807) is 12.1 Å². The Morgan fingerprint density at radius 3 is 2.65 bits per heavy atom. The third kappa shape index (κ3) is 2.77. The lowest BCUT2D eigenvalue weighted by Gasteiger charge is -2.07. The molecule has 0 aliphatic heterocycles. The van der Waals surface area contributed by atoms with Crippen LogP contribution in [-0.2, 0) is 0 Å². The first kappa shape index (κ1) is 13.4. The number of hydrogen-bond acceptors (Lipinski definition) is 3. The minimum atomic E-state index is -0.329. The van der Waals surface area contributed by atoms with Crippen LogP contribution >= 0.6 is 22.6 Å². The summed E-state index contributed by atoms with van der Waals surface area (Å²) < 4.78 is 0.871. The number of halogens is 1. The molecule has 0 aromatic heterocycles. The molecule has 0 amide bonds. The quantitative estimate of drug-likeness (QED) is 0.492. The molecular weight excluding hydrogens is 367 g/mol. The van der Waals surface area contributed by atoms with E-state index in [2.05, 4.69) is 40.0 Å². The summed E-state index contributed by atoms with van der Waals surface area (Å²) in [7, 11) is 0. The Bertz CT molecular complexity index is 646. The second-order valence-corrected chi connectivity index (χ2v) is 6.17. The molecule has 2 aromatic carbocycles. The van der Waals surface area contributed by atoms with Crippen LogP contribution in [-0.4, -0.2) is 11.0 Å². The van der Waals surface area contributed by atoms with Crippen LogP contribution in [0.25, 0.3) is 0 Å². The van der Waals surface area contributed by atoms with Crippen LogP contribution in [0.4, 0.5) is 11.4 Å². The van der Waals surface area contributed by atoms with Crippen molar-refractivity contribution in [3.8, 4) is 0 Å². The molecule has 5 heteroatoms. The normalized spacial score (nSPS) is 20.4. The molecule has 102 valence electrons. The molecule has 0 radical (unpaired) electrons. The highest BCUT2D eigenvalue weighted by Crippen LogP contribution is 2.43. The van der Waals surface area contributed by atoms with Crippen molar-refractivity contribution in [2.75, 3.05) is 5.32 Å². The van der Waals surface area contributed by atoms with E-state index in [1.165, 1.54) is 5.56 Å². The van der Waals surface area contributed by atoms with Crippen molar-refractivity contribution in [1.29, 1.82) is 0 Å². The highest BCUT2D eigenvalue weighted by Gasteiger charge is 2.39. The van der Waals surface area contributed by atoms with E-state index >= 15 is 0 Å². The monoisotopic (exact) mass is 380 g/mol. The predicted octanol–water partition coefficient (Wildman–Crippen LogP) is 4.17. The molecule has 2 aromatic rings. The smallest absolute Gasteiger partial charge is 0.293 e. The van der Waals surface area contributed by atoms with Gasteiger partial charge in [0.2, 0.25) is 0 Å². The van der Waals surface area contributed by atoms with Gasteiger partial charge in [0.25, 0.3) is 5.69 Å². The standard InChI is InChI=1S/C15H13IN2O2/c16-11-6-7-13(15(8-11)18(19)20)17-14-9-12(14)10-4-2-1-3-5-10/h1-8,12,14,17H,9H2. The summed E-state index contributed by atoms with van der Waals surface area (Å²) in [6.07, 6.45) is 1.02. The molecule has 1 aliphatic rings. The highest BCUT2D eigenvalue weighted by atomic mass is 127. The van der Waals surface area contributed by atoms with Crippen molar-refractivity contribution < 1.29 is 4.92 Å². The Hall–Kier alpha value is -1.63. The largest absolute Gasteiger partial charge is 0.376 e. The van der Waals surface area contributed by atoms with Gasteiger partial charge in [-0.3, -0.25) is 10.1 Å². The predicted molar refractivity (Wildman–Crippen MR) is 87.0 cm³/mol.